The minimum Gasteiger partial charge on any atom is -0.389 e. The minimum absolute atomic E-state index is 0.0875. The van der Waals surface area contributed by atoms with E-state index in [1.165, 1.54) is 83.5 Å². The lowest BCUT2D eigenvalue weighted by atomic mass is 10.0. The smallest absolute Gasteiger partial charge is 0.223 e. The molecular weight excluding hydrogens is 358 g/mol. The van der Waals surface area contributed by atoms with E-state index in [1.54, 1.807) is 13.8 Å². The molecule has 1 unspecified atom stereocenters. The van der Waals surface area contributed by atoms with Crippen LogP contribution in [0.2, 0.25) is 0 Å². The number of carbonyl (C=O) groups is 1. The van der Waals surface area contributed by atoms with E-state index in [1.807, 2.05) is 29.2 Å². The van der Waals surface area contributed by atoms with E-state index in [4.69, 9.17) is 0 Å². The number of hydrogen-bond acceptors (Lipinski definition) is 2. The molecule has 0 saturated carbocycles. The van der Waals surface area contributed by atoms with Crippen molar-refractivity contribution in [1.82, 2.24) is 0 Å². The molecule has 3 heteroatoms. The lowest BCUT2D eigenvalue weighted by Gasteiger charge is -2.21. The van der Waals surface area contributed by atoms with Crippen LogP contribution in [0, 0.1) is 0 Å². The third kappa shape index (κ3) is 12.1. The molecule has 0 saturated heterocycles. The Labute approximate surface area is 179 Å². The summed E-state index contributed by atoms with van der Waals surface area (Å²) in [6.07, 6.45) is 18.3. The first-order valence-electron chi connectivity index (χ1n) is 12.1. The number of benzene rings is 1. The lowest BCUT2D eigenvalue weighted by molar-refractivity contribution is -0.116. The number of anilines is 1. The van der Waals surface area contributed by atoms with Crippen LogP contribution in [0.15, 0.2) is 24.3 Å². The van der Waals surface area contributed by atoms with Crippen LogP contribution in [-0.4, -0.2) is 17.6 Å². The van der Waals surface area contributed by atoms with Crippen LogP contribution in [0.5, 0.6) is 0 Å². The van der Waals surface area contributed by atoms with Crippen LogP contribution >= 0.6 is 0 Å². The molecule has 0 aromatic heterocycles. The molecule has 0 heterocycles. The summed E-state index contributed by atoms with van der Waals surface area (Å²) in [6.45, 7) is 6.44. The van der Waals surface area contributed by atoms with E-state index in [0.717, 1.165) is 24.2 Å². The second-order valence-electron chi connectivity index (χ2n) is 8.53. The molecule has 0 radical (unpaired) electrons. The average molecular weight is 404 g/mol. The van der Waals surface area contributed by atoms with Gasteiger partial charge in [-0.3, -0.25) is 4.79 Å². The van der Waals surface area contributed by atoms with E-state index in [0.29, 0.717) is 0 Å². The Balaban J connectivity index is 2.07. The van der Waals surface area contributed by atoms with Crippen molar-refractivity contribution in [3.63, 3.8) is 0 Å². The van der Waals surface area contributed by atoms with Crippen molar-refractivity contribution in [2.45, 2.75) is 117 Å². The summed E-state index contributed by atoms with van der Waals surface area (Å²) in [5, 5.41) is 9.63. The zero-order valence-electron chi connectivity index (χ0n) is 19.3. The minimum atomic E-state index is -0.472. The summed E-state index contributed by atoms with van der Waals surface area (Å²) < 4.78 is 0. The number of unbranched alkanes of at least 4 members (excludes halogenated alkanes) is 13. The van der Waals surface area contributed by atoms with E-state index in [-0.39, 0.29) is 5.91 Å². The van der Waals surface area contributed by atoms with Gasteiger partial charge in [0.05, 0.1) is 6.10 Å². The van der Waals surface area contributed by atoms with E-state index < -0.39 is 6.10 Å². The van der Waals surface area contributed by atoms with Crippen LogP contribution in [-0.2, 0) is 4.79 Å². The number of aliphatic hydroxyl groups excluding tert-OH is 1. The van der Waals surface area contributed by atoms with Crippen molar-refractivity contribution in [3.05, 3.63) is 29.8 Å². The fourth-order valence-electron chi connectivity index (χ4n) is 3.87. The lowest BCUT2D eigenvalue weighted by Crippen LogP contribution is -2.29. The fraction of sp³-hybridized carbons (Fsp3) is 0.731. The summed E-state index contributed by atoms with van der Waals surface area (Å²) in [5.41, 5.74) is 1.81. The number of rotatable bonds is 17. The highest BCUT2D eigenvalue weighted by molar-refractivity contribution is 5.91. The molecule has 1 aromatic carbocycles. The number of carbonyl (C=O) groups excluding carboxylic acids is 1. The van der Waals surface area contributed by atoms with Crippen LogP contribution in [0.3, 0.4) is 0 Å². The van der Waals surface area contributed by atoms with Gasteiger partial charge in [0.25, 0.3) is 0 Å². The highest BCUT2D eigenvalue weighted by Crippen LogP contribution is 2.20. The molecule has 0 aliphatic heterocycles. The maximum Gasteiger partial charge on any atom is 0.223 e. The monoisotopic (exact) mass is 403 g/mol. The van der Waals surface area contributed by atoms with Gasteiger partial charge in [-0.1, -0.05) is 103 Å². The predicted octanol–water partition coefficient (Wildman–Crippen LogP) is 7.57. The van der Waals surface area contributed by atoms with Crippen LogP contribution in [0.25, 0.3) is 0 Å². The molecule has 1 amide bonds. The average Bonchev–Trinajstić information content (AvgIpc) is 2.71. The zero-order chi connectivity index (χ0) is 21.3. The SMILES string of the molecule is CCCCCCCCCCCCCCCCN(C(C)=O)c1ccc(C(C)O)cc1. The molecule has 0 bridgehead atoms. The summed E-state index contributed by atoms with van der Waals surface area (Å²) in [6, 6.07) is 7.68. The van der Waals surface area contributed by atoms with Gasteiger partial charge in [-0.05, 0) is 31.0 Å². The van der Waals surface area contributed by atoms with Gasteiger partial charge in [0.15, 0.2) is 0 Å². The van der Waals surface area contributed by atoms with Crippen LogP contribution in [0.4, 0.5) is 5.69 Å². The zero-order valence-corrected chi connectivity index (χ0v) is 19.3. The van der Waals surface area contributed by atoms with Crippen molar-refractivity contribution < 1.29 is 9.90 Å². The van der Waals surface area contributed by atoms with Gasteiger partial charge in [0.2, 0.25) is 5.91 Å². The highest BCUT2D eigenvalue weighted by atomic mass is 16.3. The normalized spacial score (nSPS) is 12.1. The molecule has 166 valence electrons. The Morgan fingerprint density at radius 1 is 0.793 bits per heavy atom. The predicted molar refractivity (Wildman–Crippen MR) is 125 cm³/mol. The first kappa shape index (κ1) is 25.7. The van der Waals surface area contributed by atoms with Crippen molar-refractivity contribution in [2.24, 2.45) is 0 Å². The molecular formula is C26H45NO2. The summed E-state index contributed by atoms with van der Waals surface area (Å²) >= 11 is 0. The van der Waals surface area contributed by atoms with Gasteiger partial charge in [0, 0.05) is 19.2 Å². The van der Waals surface area contributed by atoms with Gasteiger partial charge in [-0.25, -0.2) is 0 Å². The molecule has 0 fully saturated rings. The van der Waals surface area contributed by atoms with Gasteiger partial charge < -0.3 is 10.0 Å². The molecule has 0 aliphatic carbocycles. The number of nitrogens with zero attached hydrogens (tertiary/aromatic N) is 1. The van der Waals surface area contributed by atoms with E-state index >= 15 is 0 Å². The van der Waals surface area contributed by atoms with Gasteiger partial charge >= 0.3 is 0 Å². The van der Waals surface area contributed by atoms with Crippen molar-refractivity contribution in [3.8, 4) is 0 Å². The standard InChI is InChI=1S/C26H45NO2/c1-4-5-6-7-8-9-10-11-12-13-14-15-16-17-22-27(24(3)29)26-20-18-25(19-21-26)23(2)28/h18-21,23,28H,4-17,22H2,1-3H3. The molecule has 29 heavy (non-hydrogen) atoms. The Kier molecular flexibility index (Phi) is 14.6. The number of aliphatic hydroxyl groups is 1. The molecule has 1 aromatic rings. The summed E-state index contributed by atoms with van der Waals surface area (Å²) in [5.74, 6) is 0.0875. The van der Waals surface area contributed by atoms with Crippen LogP contribution < -0.4 is 4.90 Å². The molecule has 1 N–H and O–H groups in total. The number of hydrogen-bond donors (Lipinski definition) is 1. The summed E-state index contributed by atoms with van der Waals surface area (Å²) in [4.78, 5) is 13.9. The van der Waals surface area contributed by atoms with E-state index in [2.05, 4.69) is 6.92 Å². The fourth-order valence-corrected chi connectivity index (χ4v) is 3.87. The van der Waals surface area contributed by atoms with Crippen molar-refractivity contribution in [2.75, 3.05) is 11.4 Å². The molecule has 3 nitrogen and oxygen atoms in total. The van der Waals surface area contributed by atoms with Gasteiger partial charge in [-0.15, -0.1) is 0 Å². The maximum absolute atomic E-state index is 12.0. The molecule has 0 aliphatic rings. The first-order valence-corrected chi connectivity index (χ1v) is 12.1. The Morgan fingerprint density at radius 2 is 1.21 bits per heavy atom. The first-order chi connectivity index (χ1) is 14.1. The largest absolute Gasteiger partial charge is 0.389 e. The second kappa shape index (κ2) is 16.4. The van der Waals surface area contributed by atoms with Crippen LogP contribution in [0.1, 0.15) is 122 Å². The van der Waals surface area contributed by atoms with Crippen molar-refractivity contribution in [1.29, 1.82) is 0 Å². The Hall–Kier alpha value is -1.35. The Bertz CT molecular complexity index is 524. The third-order valence-electron chi connectivity index (χ3n) is 5.80. The number of amides is 1. The topological polar surface area (TPSA) is 40.5 Å². The molecule has 1 rings (SSSR count). The molecule has 0 spiro atoms. The second-order valence-corrected chi connectivity index (χ2v) is 8.53. The summed E-state index contributed by atoms with van der Waals surface area (Å²) in [7, 11) is 0. The van der Waals surface area contributed by atoms with Gasteiger partial charge in [0.1, 0.15) is 0 Å². The Morgan fingerprint density at radius 3 is 1.59 bits per heavy atom. The van der Waals surface area contributed by atoms with Crippen molar-refractivity contribution >= 4 is 11.6 Å². The maximum atomic E-state index is 12.0. The van der Waals surface area contributed by atoms with E-state index in [9.17, 15) is 9.90 Å². The third-order valence-corrected chi connectivity index (χ3v) is 5.80. The quantitative estimate of drug-likeness (QED) is 0.272. The van der Waals surface area contributed by atoms with Gasteiger partial charge in [-0.2, -0.15) is 0 Å². The molecule has 1 atom stereocenters. The highest BCUT2D eigenvalue weighted by Gasteiger charge is 2.11.